The van der Waals surface area contributed by atoms with Crippen LogP contribution in [-0.4, -0.2) is 19.7 Å². The van der Waals surface area contributed by atoms with Gasteiger partial charge < -0.3 is 23.0 Å². The number of hydrogen-bond acceptors (Lipinski definition) is 2. The number of halogens is 4. The van der Waals surface area contributed by atoms with E-state index < -0.39 is 18.5 Å². The van der Waals surface area contributed by atoms with Gasteiger partial charge in [0.15, 0.2) is 0 Å². The number of amides is 1. The van der Waals surface area contributed by atoms with Crippen LogP contribution in [0.25, 0.3) is 11.1 Å². The zero-order valence-electron chi connectivity index (χ0n) is 16.7. The Morgan fingerprint density at radius 2 is 1.55 bits per heavy atom. The van der Waals surface area contributed by atoms with Crippen LogP contribution >= 0.6 is 22.6 Å². The van der Waals surface area contributed by atoms with E-state index in [0.29, 0.717) is 9.13 Å². The van der Waals surface area contributed by atoms with Crippen LogP contribution in [0.1, 0.15) is 22.6 Å². The molecule has 9 heteroatoms. The maximum atomic E-state index is 13.0. The molecule has 0 saturated carbocycles. The summed E-state index contributed by atoms with van der Waals surface area (Å²) in [7, 11) is 0. The first kappa shape index (κ1) is 24.8. The molecular formula is C22H17BF3IKNO2. The standard InChI is InChI=1S/C22H17BF3INO2.K/c24-23(25,26)15-9-14(10-16(27)11-15)12-28-22(29)30-13-21-19-7-3-1-5-17(19)18-6-2-4-8-20(18)21;/h1-11,21H,12-13H2,(H,28,29);/q-1;+1. The summed E-state index contributed by atoms with van der Waals surface area (Å²) in [4.78, 5) is 12.2. The van der Waals surface area contributed by atoms with E-state index in [1.165, 1.54) is 0 Å². The predicted molar refractivity (Wildman–Crippen MR) is 120 cm³/mol. The molecule has 1 N–H and O–H groups in total. The van der Waals surface area contributed by atoms with E-state index in [0.717, 1.165) is 34.4 Å². The summed E-state index contributed by atoms with van der Waals surface area (Å²) in [5.41, 5.74) is 4.16. The summed E-state index contributed by atoms with van der Waals surface area (Å²) in [5.74, 6) is -0.0691. The van der Waals surface area contributed by atoms with Gasteiger partial charge in [0.2, 0.25) is 0 Å². The van der Waals surface area contributed by atoms with E-state index in [1.807, 2.05) is 71.1 Å². The van der Waals surface area contributed by atoms with Crippen LogP contribution in [0.15, 0.2) is 66.7 Å². The zero-order valence-corrected chi connectivity index (χ0v) is 22.0. The van der Waals surface area contributed by atoms with Crippen LogP contribution < -0.4 is 62.2 Å². The average Bonchev–Trinajstić information content (AvgIpc) is 3.03. The van der Waals surface area contributed by atoms with Crippen molar-refractivity contribution >= 4 is 41.1 Å². The van der Waals surface area contributed by atoms with Crippen molar-refractivity contribution in [3.63, 3.8) is 0 Å². The minimum absolute atomic E-state index is 0. The monoisotopic (exact) mass is 561 g/mol. The topological polar surface area (TPSA) is 38.3 Å². The first-order valence-corrected chi connectivity index (χ1v) is 10.5. The van der Waals surface area contributed by atoms with Crippen LogP contribution in [0.4, 0.5) is 17.7 Å². The SMILES string of the molecule is O=C(NCc1cc(I)cc([B-](F)(F)F)c1)OCC1c2ccccc2-c2ccccc21.[K+]. The molecule has 154 valence electrons. The predicted octanol–water partition coefficient (Wildman–Crippen LogP) is 2.39. The molecule has 1 aliphatic carbocycles. The quantitative estimate of drug-likeness (QED) is 0.384. The van der Waals surface area contributed by atoms with Gasteiger partial charge in [0, 0.05) is 16.0 Å². The van der Waals surface area contributed by atoms with E-state index in [2.05, 4.69) is 5.32 Å². The van der Waals surface area contributed by atoms with Gasteiger partial charge in [-0.25, -0.2) is 4.79 Å². The maximum Gasteiger partial charge on any atom is 1.00 e. The Bertz CT molecular complexity index is 1060. The molecule has 0 bridgehead atoms. The molecular weight excluding hydrogens is 544 g/mol. The minimum Gasteiger partial charge on any atom is -0.449 e. The molecule has 3 aromatic carbocycles. The molecule has 0 atom stereocenters. The molecule has 0 fully saturated rings. The number of ether oxygens (including phenoxy) is 1. The fourth-order valence-electron chi connectivity index (χ4n) is 3.79. The first-order valence-electron chi connectivity index (χ1n) is 9.41. The van der Waals surface area contributed by atoms with Crippen molar-refractivity contribution in [1.82, 2.24) is 5.32 Å². The summed E-state index contributed by atoms with van der Waals surface area (Å²) in [6.07, 6.45) is -0.658. The van der Waals surface area contributed by atoms with Gasteiger partial charge in [-0.3, -0.25) is 0 Å². The summed E-state index contributed by atoms with van der Waals surface area (Å²) in [6.45, 7) is -4.97. The van der Waals surface area contributed by atoms with E-state index in [4.69, 9.17) is 4.74 Å². The van der Waals surface area contributed by atoms with Gasteiger partial charge in [0.05, 0.1) is 0 Å². The van der Waals surface area contributed by atoms with Crippen molar-refractivity contribution in [2.75, 3.05) is 6.61 Å². The third-order valence-corrected chi connectivity index (χ3v) is 5.76. The van der Waals surface area contributed by atoms with Gasteiger partial charge in [0.25, 0.3) is 0 Å². The van der Waals surface area contributed by atoms with Gasteiger partial charge in [-0.05, 0) is 56.5 Å². The van der Waals surface area contributed by atoms with Gasteiger partial charge in [0.1, 0.15) is 6.61 Å². The fourth-order valence-corrected chi connectivity index (χ4v) is 4.55. The summed E-state index contributed by atoms with van der Waals surface area (Å²) in [5, 5.41) is 2.55. The Balaban J connectivity index is 0.00000272. The van der Waals surface area contributed by atoms with E-state index >= 15 is 0 Å². The molecule has 0 aliphatic heterocycles. The molecule has 1 aliphatic rings. The van der Waals surface area contributed by atoms with Gasteiger partial charge in [-0.2, -0.15) is 0 Å². The van der Waals surface area contributed by atoms with Crippen molar-refractivity contribution in [3.05, 3.63) is 87.0 Å². The molecule has 1 amide bonds. The second-order valence-electron chi connectivity index (χ2n) is 7.15. The van der Waals surface area contributed by atoms with Crippen LogP contribution in [0.2, 0.25) is 0 Å². The minimum atomic E-state index is -5.09. The number of fused-ring (bicyclic) bond motifs is 3. The third kappa shape index (κ3) is 5.75. The summed E-state index contributed by atoms with van der Waals surface area (Å²) < 4.78 is 45.0. The van der Waals surface area contributed by atoms with Crippen LogP contribution in [-0.2, 0) is 11.3 Å². The molecule has 0 saturated heterocycles. The Kier molecular flexibility index (Phi) is 8.31. The van der Waals surface area contributed by atoms with E-state index in [1.54, 1.807) is 6.07 Å². The Labute approximate surface area is 234 Å². The average molecular weight is 561 g/mol. The van der Waals surface area contributed by atoms with Crippen molar-refractivity contribution < 1.29 is 73.9 Å². The molecule has 3 nitrogen and oxygen atoms in total. The van der Waals surface area contributed by atoms with Crippen molar-refractivity contribution in [2.45, 2.75) is 12.5 Å². The molecule has 0 radical (unpaired) electrons. The molecule has 0 aromatic heterocycles. The summed E-state index contributed by atoms with van der Waals surface area (Å²) >= 11 is 1.84. The number of carbonyl (C=O) groups excluding carboxylic acids is 1. The number of hydrogen-bond donors (Lipinski definition) is 1. The molecule has 0 heterocycles. The fraction of sp³-hybridized carbons (Fsp3) is 0.136. The molecule has 31 heavy (non-hydrogen) atoms. The molecule has 0 spiro atoms. The molecule has 3 aromatic rings. The number of benzene rings is 3. The Morgan fingerprint density at radius 3 is 2.13 bits per heavy atom. The third-order valence-electron chi connectivity index (χ3n) is 5.14. The van der Waals surface area contributed by atoms with Crippen LogP contribution in [0.3, 0.4) is 0 Å². The van der Waals surface area contributed by atoms with Crippen LogP contribution in [0.5, 0.6) is 0 Å². The van der Waals surface area contributed by atoms with Crippen molar-refractivity contribution in [3.8, 4) is 11.1 Å². The van der Waals surface area contributed by atoms with Gasteiger partial charge >= 0.3 is 64.5 Å². The smallest absolute Gasteiger partial charge is 0.449 e. The van der Waals surface area contributed by atoms with E-state index in [9.17, 15) is 17.7 Å². The second kappa shape index (κ2) is 10.4. The van der Waals surface area contributed by atoms with Crippen LogP contribution in [0, 0.1) is 3.57 Å². The second-order valence-corrected chi connectivity index (χ2v) is 8.39. The largest absolute Gasteiger partial charge is 1.00 e. The van der Waals surface area contributed by atoms with Crippen molar-refractivity contribution in [2.24, 2.45) is 0 Å². The number of alkyl carbamates (subject to hydrolysis) is 1. The summed E-state index contributed by atoms with van der Waals surface area (Å²) in [6, 6.07) is 19.8. The molecule has 0 unspecified atom stereocenters. The van der Waals surface area contributed by atoms with Gasteiger partial charge in [-0.15, -0.1) is 5.46 Å². The normalized spacial score (nSPS) is 12.5. The van der Waals surface area contributed by atoms with E-state index in [-0.39, 0.29) is 70.5 Å². The van der Waals surface area contributed by atoms with Gasteiger partial charge in [-0.1, -0.05) is 60.7 Å². The first-order chi connectivity index (χ1) is 14.3. The maximum absolute atomic E-state index is 13.0. The Morgan fingerprint density at radius 1 is 0.968 bits per heavy atom. The molecule has 4 rings (SSSR count). The number of carbonyl (C=O) groups is 1. The number of nitrogens with one attached hydrogen (secondary N) is 1. The zero-order chi connectivity index (χ0) is 21.3. The Hall–Kier alpha value is -0.849. The number of rotatable bonds is 5. The van der Waals surface area contributed by atoms with Crippen molar-refractivity contribution in [1.29, 1.82) is 0 Å².